The average molecular weight is 345 g/mol. The Labute approximate surface area is 145 Å². The van der Waals surface area contributed by atoms with Crippen molar-refractivity contribution in [3.05, 3.63) is 57.6 Å². The van der Waals surface area contributed by atoms with Crippen LogP contribution >= 0.6 is 0 Å². The Hall–Kier alpha value is -3.09. The number of methoxy groups -OCH3 is 1. The van der Waals surface area contributed by atoms with Gasteiger partial charge < -0.3 is 14.2 Å². The van der Waals surface area contributed by atoms with Gasteiger partial charge in [-0.3, -0.25) is 14.9 Å². The molecule has 0 aliphatic carbocycles. The molecular formula is C18H19NO6. The van der Waals surface area contributed by atoms with Gasteiger partial charge in [0, 0.05) is 11.1 Å². The predicted octanol–water partition coefficient (Wildman–Crippen LogP) is 3.78. The van der Waals surface area contributed by atoms with Crippen LogP contribution in [0.3, 0.4) is 0 Å². The lowest BCUT2D eigenvalue weighted by Crippen LogP contribution is -2.04. The van der Waals surface area contributed by atoms with Crippen LogP contribution in [-0.4, -0.2) is 24.4 Å². The predicted molar refractivity (Wildman–Crippen MR) is 91.6 cm³/mol. The lowest BCUT2D eigenvalue weighted by atomic mass is 10.1. The van der Waals surface area contributed by atoms with Crippen LogP contribution in [0.2, 0.25) is 0 Å². The van der Waals surface area contributed by atoms with Crippen molar-refractivity contribution in [1.29, 1.82) is 0 Å². The van der Waals surface area contributed by atoms with Gasteiger partial charge in [0.05, 0.1) is 24.7 Å². The summed E-state index contributed by atoms with van der Waals surface area (Å²) in [5.74, 6) is 0.970. The molecule has 0 amide bonds. The van der Waals surface area contributed by atoms with E-state index in [2.05, 4.69) is 0 Å². The Kier molecular flexibility index (Phi) is 5.94. The summed E-state index contributed by atoms with van der Waals surface area (Å²) in [7, 11) is 1.43. The Bertz CT molecular complexity index is 787. The van der Waals surface area contributed by atoms with Gasteiger partial charge in [-0.15, -0.1) is 0 Å². The van der Waals surface area contributed by atoms with E-state index in [0.717, 1.165) is 0 Å². The minimum atomic E-state index is -0.534. The minimum absolute atomic E-state index is 0.0314. The topological polar surface area (TPSA) is 87.9 Å². The van der Waals surface area contributed by atoms with E-state index in [1.807, 2.05) is 6.92 Å². The van der Waals surface area contributed by atoms with Crippen LogP contribution in [0.4, 0.5) is 5.69 Å². The monoisotopic (exact) mass is 345 g/mol. The largest absolute Gasteiger partial charge is 0.496 e. The van der Waals surface area contributed by atoms with E-state index in [1.54, 1.807) is 24.3 Å². The highest BCUT2D eigenvalue weighted by atomic mass is 16.6. The van der Waals surface area contributed by atoms with Crippen molar-refractivity contribution >= 4 is 11.5 Å². The summed E-state index contributed by atoms with van der Waals surface area (Å²) in [6.07, 6.45) is 0. The van der Waals surface area contributed by atoms with Gasteiger partial charge in [0.25, 0.3) is 0 Å². The molecule has 0 fully saturated rings. The number of rotatable bonds is 8. The normalized spacial score (nSPS) is 10.2. The zero-order valence-corrected chi connectivity index (χ0v) is 14.3. The molecule has 0 N–H and O–H groups in total. The molecule has 0 aliphatic rings. The van der Waals surface area contributed by atoms with E-state index in [9.17, 15) is 14.9 Å². The molecule has 7 heteroatoms. The molecule has 0 radical (unpaired) electrons. The van der Waals surface area contributed by atoms with Crippen molar-refractivity contribution in [3.63, 3.8) is 0 Å². The second kappa shape index (κ2) is 8.14. The summed E-state index contributed by atoms with van der Waals surface area (Å²) in [4.78, 5) is 22.3. The fourth-order valence-electron chi connectivity index (χ4n) is 2.25. The van der Waals surface area contributed by atoms with E-state index in [0.29, 0.717) is 29.2 Å². The Morgan fingerprint density at radius 3 is 2.44 bits per heavy atom. The lowest BCUT2D eigenvalue weighted by Gasteiger charge is -2.13. The number of benzene rings is 2. The lowest BCUT2D eigenvalue weighted by molar-refractivity contribution is -0.386. The van der Waals surface area contributed by atoms with Gasteiger partial charge >= 0.3 is 5.69 Å². The fourth-order valence-corrected chi connectivity index (χ4v) is 2.25. The van der Waals surface area contributed by atoms with Gasteiger partial charge in [-0.2, -0.15) is 0 Å². The zero-order chi connectivity index (χ0) is 18.4. The van der Waals surface area contributed by atoms with E-state index in [-0.39, 0.29) is 23.8 Å². The molecule has 0 unspecified atom stereocenters. The third kappa shape index (κ3) is 4.47. The van der Waals surface area contributed by atoms with Crippen LogP contribution in [0.15, 0.2) is 36.4 Å². The van der Waals surface area contributed by atoms with Crippen LogP contribution in [0.25, 0.3) is 0 Å². The van der Waals surface area contributed by atoms with Crippen molar-refractivity contribution in [2.24, 2.45) is 0 Å². The molecular weight excluding hydrogens is 326 g/mol. The number of hydrogen-bond acceptors (Lipinski definition) is 6. The average Bonchev–Trinajstić information content (AvgIpc) is 2.60. The molecule has 0 heterocycles. The highest BCUT2D eigenvalue weighted by Gasteiger charge is 2.17. The van der Waals surface area contributed by atoms with Crippen LogP contribution in [0.5, 0.6) is 17.2 Å². The minimum Gasteiger partial charge on any atom is -0.496 e. The standard InChI is InChI=1S/C18H19NO6/c1-4-24-17-7-5-13(12(2)20)9-14(17)11-25-18-8-6-15(23-3)10-16(18)19(21)22/h5-10H,4,11H2,1-3H3. The van der Waals surface area contributed by atoms with Crippen LogP contribution < -0.4 is 14.2 Å². The first-order chi connectivity index (χ1) is 12.0. The van der Waals surface area contributed by atoms with Gasteiger partial charge in [-0.25, -0.2) is 0 Å². The molecule has 132 valence electrons. The van der Waals surface area contributed by atoms with Gasteiger partial charge in [0.2, 0.25) is 0 Å². The number of nitrogens with zero attached hydrogens (tertiary/aromatic N) is 1. The van der Waals surface area contributed by atoms with E-state index in [1.165, 1.54) is 26.2 Å². The molecule has 2 rings (SSSR count). The smallest absolute Gasteiger partial charge is 0.314 e. The van der Waals surface area contributed by atoms with Crippen molar-refractivity contribution in [3.8, 4) is 17.2 Å². The molecule has 0 aromatic heterocycles. The number of nitro groups is 1. The summed E-state index contributed by atoms with van der Waals surface area (Å²) < 4.78 is 16.1. The Balaban J connectivity index is 2.30. The summed E-state index contributed by atoms with van der Waals surface area (Å²) in [6, 6.07) is 9.39. The van der Waals surface area contributed by atoms with Crippen molar-refractivity contribution in [1.82, 2.24) is 0 Å². The van der Waals surface area contributed by atoms with Gasteiger partial charge in [-0.1, -0.05) is 0 Å². The molecule has 0 saturated heterocycles. The molecule has 0 atom stereocenters. The molecule has 0 saturated carbocycles. The summed E-state index contributed by atoms with van der Waals surface area (Å²) in [6.45, 7) is 3.80. The molecule has 0 spiro atoms. The maximum atomic E-state index is 11.6. The third-order valence-corrected chi connectivity index (χ3v) is 3.51. The second-order valence-corrected chi connectivity index (χ2v) is 5.19. The number of carbonyl (C=O) groups excluding carboxylic acids is 1. The second-order valence-electron chi connectivity index (χ2n) is 5.19. The van der Waals surface area contributed by atoms with E-state index >= 15 is 0 Å². The molecule has 2 aromatic carbocycles. The van der Waals surface area contributed by atoms with Gasteiger partial charge in [-0.05, 0) is 44.2 Å². The third-order valence-electron chi connectivity index (χ3n) is 3.51. The maximum Gasteiger partial charge on any atom is 0.314 e. The van der Waals surface area contributed by atoms with Crippen molar-refractivity contribution < 1.29 is 23.9 Å². The van der Waals surface area contributed by atoms with Gasteiger partial charge in [0.15, 0.2) is 11.5 Å². The van der Waals surface area contributed by atoms with Crippen LogP contribution in [0.1, 0.15) is 29.8 Å². The SMILES string of the molecule is CCOc1ccc(C(C)=O)cc1COc1ccc(OC)cc1[N+](=O)[O-]. The maximum absolute atomic E-state index is 11.6. The quantitative estimate of drug-likeness (QED) is 0.411. The number of ketones is 1. The highest BCUT2D eigenvalue weighted by molar-refractivity contribution is 5.94. The van der Waals surface area contributed by atoms with E-state index < -0.39 is 4.92 Å². The first-order valence-corrected chi connectivity index (χ1v) is 7.68. The van der Waals surface area contributed by atoms with Crippen LogP contribution in [-0.2, 0) is 6.61 Å². The summed E-state index contributed by atoms with van der Waals surface area (Å²) in [5.41, 5.74) is 0.964. The van der Waals surface area contributed by atoms with Gasteiger partial charge in [0.1, 0.15) is 18.1 Å². The van der Waals surface area contributed by atoms with E-state index in [4.69, 9.17) is 14.2 Å². The van der Waals surface area contributed by atoms with Crippen molar-refractivity contribution in [2.45, 2.75) is 20.5 Å². The Morgan fingerprint density at radius 1 is 1.12 bits per heavy atom. The molecule has 2 aromatic rings. The zero-order valence-electron chi connectivity index (χ0n) is 14.3. The number of ether oxygens (including phenoxy) is 3. The first-order valence-electron chi connectivity index (χ1n) is 7.68. The highest BCUT2D eigenvalue weighted by Crippen LogP contribution is 2.32. The summed E-state index contributed by atoms with van der Waals surface area (Å²) >= 11 is 0. The number of Topliss-reactive ketones (excluding diaryl/α,β-unsaturated/α-hetero) is 1. The Morgan fingerprint density at radius 2 is 1.84 bits per heavy atom. The molecule has 0 bridgehead atoms. The summed E-state index contributed by atoms with van der Waals surface area (Å²) in [5, 5.41) is 11.2. The number of carbonyl (C=O) groups is 1. The molecule has 7 nitrogen and oxygen atoms in total. The van der Waals surface area contributed by atoms with Crippen molar-refractivity contribution in [2.75, 3.05) is 13.7 Å². The number of nitro benzene ring substituents is 1. The first kappa shape index (κ1) is 18.3. The number of hydrogen-bond donors (Lipinski definition) is 0. The van der Waals surface area contributed by atoms with Crippen LogP contribution in [0, 0.1) is 10.1 Å². The molecule has 0 aliphatic heterocycles. The molecule has 25 heavy (non-hydrogen) atoms. The fraction of sp³-hybridized carbons (Fsp3) is 0.278.